The number of amides is 2. The van der Waals surface area contributed by atoms with Crippen molar-refractivity contribution in [3.63, 3.8) is 0 Å². The fraction of sp³-hybridized carbons (Fsp3) is 0.680. The summed E-state index contributed by atoms with van der Waals surface area (Å²) in [6.45, 7) is 8.08. The summed E-state index contributed by atoms with van der Waals surface area (Å²) in [4.78, 5) is 23.8. The molecule has 1 saturated carbocycles. The molecule has 1 aromatic carbocycles. The molecule has 1 aliphatic carbocycles. The van der Waals surface area contributed by atoms with Crippen LogP contribution in [0, 0.1) is 11.8 Å². The van der Waals surface area contributed by atoms with Crippen molar-refractivity contribution in [2.75, 3.05) is 18.5 Å². The van der Waals surface area contributed by atoms with Gasteiger partial charge in [0.05, 0.1) is 0 Å². The smallest absolute Gasteiger partial charge is 0.224 e. The van der Waals surface area contributed by atoms with Crippen molar-refractivity contribution >= 4 is 29.4 Å². The molecule has 0 aromatic heterocycles. The molecule has 1 heterocycles. The van der Waals surface area contributed by atoms with E-state index in [9.17, 15) is 9.59 Å². The van der Waals surface area contributed by atoms with Crippen LogP contribution in [0.15, 0.2) is 29.2 Å². The first kappa shape index (κ1) is 26.7. The second-order valence-corrected chi connectivity index (χ2v) is 10.7. The number of benzene rings is 1. The van der Waals surface area contributed by atoms with Gasteiger partial charge in [-0.3, -0.25) is 14.3 Å². The first-order valence-electron chi connectivity index (χ1n) is 11.9. The molecule has 0 radical (unpaired) electrons. The van der Waals surface area contributed by atoms with Gasteiger partial charge in [0, 0.05) is 41.7 Å². The van der Waals surface area contributed by atoms with Crippen LogP contribution in [0.25, 0.3) is 0 Å². The van der Waals surface area contributed by atoms with Gasteiger partial charge in [0.25, 0.3) is 0 Å². The fourth-order valence-corrected chi connectivity index (χ4v) is 4.50. The summed E-state index contributed by atoms with van der Waals surface area (Å²) in [7, 11) is 0. The third kappa shape index (κ3) is 11.3. The minimum absolute atomic E-state index is 0.0711. The van der Waals surface area contributed by atoms with Crippen molar-refractivity contribution in [1.82, 2.24) is 4.72 Å². The lowest BCUT2D eigenvalue weighted by Crippen LogP contribution is -2.29. The summed E-state index contributed by atoms with van der Waals surface area (Å²) in [5.41, 5.74) is 6.06. The number of primary amides is 1. The number of hydrogen-bond donors (Lipinski definition) is 3. The third-order valence-electron chi connectivity index (χ3n) is 5.74. The van der Waals surface area contributed by atoms with Gasteiger partial charge in [0.15, 0.2) is 0 Å². The van der Waals surface area contributed by atoms with Crippen molar-refractivity contribution in [1.29, 1.82) is 0 Å². The Bertz CT molecular complexity index is 691. The molecular weight excluding hydrogens is 422 g/mol. The Labute approximate surface area is 197 Å². The number of carbonyl (C=O) groups is 2. The molecule has 2 fully saturated rings. The average molecular weight is 464 g/mol. The molecule has 0 spiro atoms. The second-order valence-electron chi connectivity index (χ2n) is 9.86. The maximum absolute atomic E-state index is 12.0. The lowest BCUT2D eigenvalue weighted by molar-refractivity contribution is -0.122. The van der Waals surface area contributed by atoms with E-state index in [-0.39, 0.29) is 23.3 Å². The summed E-state index contributed by atoms with van der Waals surface area (Å²) in [6, 6.07) is 7.97. The molecule has 7 heteroatoms. The Balaban J connectivity index is 0.000000336. The van der Waals surface area contributed by atoms with Gasteiger partial charge in [0.2, 0.25) is 11.8 Å². The third-order valence-corrected chi connectivity index (χ3v) is 6.96. The topological polar surface area (TPSA) is 93.4 Å². The minimum atomic E-state index is -0.102. The van der Waals surface area contributed by atoms with Crippen molar-refractivity contribution in [2.24, 2.45) is 17.6 Å². The summed E-state index contributed by atoms with van der Waals surface area (Å²) in [5, 5.41) is 2.98. The van der Waals surface area contributed by atoms with Crippen LogP contribution in [0.2, 0.25) is 0 Å². The van der Waals surface area contributed by atoms with Crippen LogP contribution in [0.5, 0.6) is 0 Å². The van der Waals surface area contributed by atoms with Crippen LogP contribution in [0.1, 0.15) is 78.6 Å². The zero-order valence-corrected chi connectivity index (χ0v) is 20.8. The molecule has 0 atom stereocenters. The lowest BCUT2D eigenvalue weighted by atomic mass is 9.89. The Morgan fingerprint density at radius 2 is 1.66 bits per heavy atom. The van der Waals surface area contributed by atoms with Gasteiger partial charge in [-0.2, -0.15) is 0 Å². The standard InChI is InChI=1S/C18H28N2O2S.C7H13NO/c1-18(2,3)20-23-16-7-5-15(6-8-16)19-17(21)9-4-14-10-12-22-13-11-14;8-7(9)6-4-2-1-3-5-6/h5-8,14,20H,4,9-13H2,1-3H3,(H,19,21);6H,1-5H2,(H2,8,9). The van der Waals surface area contributed by atoms with Gasteiger partial charge in [-0.05, 0) is 95.0 Å². The zero-order valence-electron chi connectivity index (χ0n) is 20.0. The van der Waals surface area contributed by atoms with E-state index in [4.69, 9.17) is 10.5 Å². The van der Waals surface area contributed by atoms with E-state index >= 15 is 0 Å². The monoisotopic (exact) mass is 463 g/mol. The van der Waals surface area contributed by atoms with Crippen LogP contribution in [-0.4, -0.2) is 30.6 Å². The number of nitrogens with one attached hydrogen (secondary N) is 2. The number of hydrogen-bond acceptors (Lipinski definition) is 5. The maximum atomic E-state index is 12.0. The highest BCUT2D eigenvalue weighted by Crippen LogP contribution is 2.23. The number of rotatable bonds is 7. The molecule has 1 aromatic rings. The van der Waals surface area contributed by atoms with Gasteiger partial charge in [-0.25, -0.2) is 0 Å². The van der Waals surface area contributed by atoms with Crippen molar-refractivity contribution in [3.8, 4) is 0 Å². The van der Waals surface area contributed by atoms with Gasteiger partial charge >= 0.3 is 0 Å². The lowest BCUT2D eigenvalue weighted by Gasteiger charge is -2.21. The van der Waals surface area contributed by atoms with Gasteiger partial charge in [-0.1, -0.05) is 19.3 Å². The van der Waals surface area contributed by atoms with Crippen molar-refractivity contribution in [3.05, 3.63) is 24.3 Å². The summed E-state index contributed by atoms with van der Waals surface area (Å²) in [5.74, 6) is 0.829. The predicted octanol–water partition coefficient (Wildman–Crippen LogP) is 5.28. The minimum Gasteiger partial charge on any atom is -0.381 e. The largest absolute Gasteiger partial charge is 0.381 e. The van der Waals surface area contributed by atoms with Gasteiger partial charge in [0.1, 0.15) is 0 Å². The molecule has 1 aliphatic heterocycles. The van der Waals surface area contributed by atoms with Crippen LogP contribution in [-0.2, 0) is 14.3 Å². The Morgan fingerprint density at radius 3 is 2.19 bits per heavy atom. The molecule has 0 unspecified atom stereocenters. The van der Waals surface area contributed by atoms with Gasteiger partial charge in [-0.15, -0.1) is 0 Å². The molecule has 6 nitrogen and oxygen atoms in total. The number of ether oxygens (including phenoxy) is 1. The normalized spacial score (nSPS) is 17.8. The molecule has 4 N–H and O–H groups in total. The van der Waals surface area contributed by atoms with Crippen molar-refractivity contribution in [2.45, 2.75) is 89.0 Å². The highest BCUT2D eigenvalue weighted by molar-refractivity contribution is 7.97. The molecule has 3 rings (SSSR count). The first-order valence-corrected chi connectivity index (χ1v) is 12.8. The number of anilines is 1. The first-order chi connectivity index (χ1) is 15.2. The quantitative estimate of drug-likeness (QED) is 0.478. The molecule has 0 bridgehead atoms. The van der Waals surface area contributed by atoms with E-state index in [1.54, 1.807) is 11.9 Å². The summed E-state index contributed by atoms with van der Waals surface area (Å²) >= 11 is 1.61. The Hall–Kier alpha value is -1.57. The molecule has 2 aliphatic rings. The number of carbonyl (C=O) groups excluding carboxylic acids is 2. The molecular formula is C25H41N3O3S. The van der Waals surface area contributed by atoms with Gasteiger partial charge < -0.3 is 15.8 Å². The second kappa shape index (κ2) is 13.9. The molecule has 1 saturated heterocycles. The molecule has 32 heavy (non-hydrogen) atoms. The van der Waals surface area contributed by atoms with Crippen LogP contribution < -0.4 is 15.8 Å². The van der Waals surface area contributed by atoms with E-state index in [2.05, 4.69) is 30.8 Å². The van der Waals surface area contributed by atoms with E-state index in [1.165, 1.54) is 19.3 Å². The summed E-state index contributed by atoms with van der Waals surface area (Å²) < 4.78 is 8.72. The predicted molar refractivity (Wildman–Crippen MR) is 132 cm³/mol. The van der Waals surface area contributed by atoms with E-state index in [0.717, 1.165) is 55.9 Å². The van der Waals surface area contributed by atoms with Crippen LogP contribution in [0.4, 0.5) is 5.69 Å². The maximum Gasteiger partial charge on any atom is 0.224 e. The average Bonchev–Trinajstić information content (AvgIpc) is 2.78. The van der Waals surface area contributed by atoms with Crippen LogP contribution in [0.3, 0.4) is 0 Å². The van der Waals surface area contributed by atoms with E-state index < -0.39 is 0 Å². The van der Waals surface area contributed by atoms with Crippen LogP contribution >= 0.6 is 11.9 Å². The Morgan fingerprint density at radius 1 is 1.03 bits per heavy atom. The SMILES string of the molecule is CC(C)(C)NSc1ccc(NC(=O)CCC2CCOCC2)cc1.NC(=O)C1CCCCC1. The Kier molecular flexibility index (Phi) is 11.6. The zero-order chi connectivity index (χ0) is 23.4. The number of nitrogens with two attached hydrogens (primary N) is 1. The van der Waals surface area contributed by atoms with Crippen molar-refractivity contribution < 1.29 is 14.3 Å². The van der Waals surface area contributed by atoms with E-state index in [0.29, 0.717) is 12.3 Å². The van der Waals surface area contributed by atoms with E-state index in [1.807, 2.05) is 24.3 Å². The molecule has 180 valence electrons. The highest BCUT2D eigenvalue weighted by Gasteiger charge is 2.17. The molecule has 2 amide bonds. The fourth-order valence-electron chi connectivity index (χ4n) is 3.80. The highest BCUT2D eigenvalue weighted by atomic mass is 32.2. The summed E-state index contributed by atoms with van der Waals surface area (Å²) in [6.07, 6.45) is 9.42.